The van der Waals surface area contributed by atoms with E-state index in [0.29, 0.717) is 16.8 Å². The predicted octanol–water partition coefficient (Wildman–Crippen LogP) is 12.9. The molecule has 1 aromatic heterocycles. The summed E-state index contributed by atoms with van der Waals surface area (Å²) in [4.78, 5) is 59.1. The Bertz CT molecular complexity index is 2040. The van der Waals surface area contributed by atoms with E-state index < -0.39 is 0 Å². The van der Waals surface area contributed by atoms with Gasteiger partial charge in [-0.25, -0.2) is 9.18 Å². The first-order chi connectivity index (χ1) is 30.5. The normalized spacial score (nSPS) is 12.4. The van der Waals surface area contributed by atoms with Crippen LogP contribution in [0.5, 0.6) is 5.75 Å². The minimum Gasteiger partial charge on any atom is -0.497 e. The number of amides is 5. The van der Waals surface area contributed by atoms with E-state index in [-0.39, 0.29) is 73.9 Å². The summed E-state index contributed by atoms with van der Waals surface area (Å²) in [6, 6.07) is 14.8. The van der Waals surface area contributed by atoms with Gasteiger partial charge in [-0.3, -0.25) is 19.1 Å². The Morgan fingerprint density at radius 2 is 0.754 bits per heavy atom. The molecule has 0 spiro atoms. The molecule has 0 unspecified atom stereocenters. The molecule has 5 amide bonds. The highest BCUT2D eigenvalue weighted by atomic mass is 19.1. The number of aryl methyl sites for hydroxylation is 2. The van der Waals surface area contributed by atoms with Crippen molar-refractivity contribution in [3.63, 3.8) is 0 Å². The van der Waals surface area contributed by atoms with Gasteiger partial charge in [-0.1, -0.05) is 0 Å². The average molecular weight is 966 g/mol. The molecule has 0 atom stereocenters. The highest BCUT2D eigenvalue weighted by Crippen LogP contribution is 2.30. The lowest BCUT2D eigenvalue weighted by atomic mass is 9.94. The van der Waals surface area contributed by atoms with Crippen LogP contribution in [0.3, 0.4) is 0 Å². The van der Waals surface area contributed by atoms with Crippen LogP contribution in [0.15, 0.2) is 54.6 Å². The fourth-order valence-electron chi connectivity index (χ4n) is 8.99. The van der Waals surface area contributed by atoms with Crippen LogP contribution in [-0.2, 0) is 7.05 Å². The molecule has 12 nitrogen and oxygen atoms in total. The molecular weight excluding hydrogens is 870 g/mol. The van der Waals surface area contributed by atoms with E-state index in [4.69, 9.17) is 4.74 Å². The van der Waals surface area contributed by atoms with E-state index in [0.717, 1.165) is 11.4 Å². The van der Waals surface area contributed by atoms with Crippen LogP contribution in [0.4, 0.5) is 9.18 Å². The van der Waals surface area contributed by atoms with E-state index >= 15 is 0 Å². The molecule has 0 aliphatic heterocycles. The van der Waals surface area contributed by atoms with Crippen molar-refractivity contribution in [2.75, 3.05) is 21.2 Å². The van der Waals surface area contributed by atoms with Crippen molar-refractivity contribution in [3.8, 4) is 5.75 Å². The summed E-state index contributed by atoms with van der Waals surface area (Å²) in [5, 5.41) is 4.28. The summed E-state index contributed by atoms with van der Waals surface area (Å²) in [7, 11) is 7.04. The van der Waals surface area contributed by atoms with Gasteiger partial charge in [0, 0.05) is 82.3 Å². The van der Waals surface area contributed by atoms with Gasteiger partial charge in [0.25, 0.3) is 17.7 Å². The number of ether oxygens (including phenoxy) is 1. The maximum Gasteiger partial charge on any atom is 0.320 e. The number of carbonyl (C=O) groups excluding carboxylic acids is 4. The summed E-state index contributed by atoms with van der Waals surface area (Å²) < 4.78 is 19.7. The van der Waals surface area contributed by atoms with Crippen LogP contribution in [0.1, 0.15) is 203 Å². The molecular formula is C56H96FN7O5. The molecule has 0 bridgehead atoms. The first-order valence-electron chi connectivity index (χ1n) is 24.0. The van der Waals surface area contributed by atoms with Crippen LogP contribution in [0, 0.1) is 12.7 Å². The maximum absolute atomic E-state index is 12.9. The zero-order valence-electron chi connectivity index (χ0n) is 48.7. The minimum atomic E-state index is -0.329. The van der Waals surface area contributed by atoms with Crippen molar-refractivity contribution >= 4 is 23.8 Å². The number of carbonyl (C=O) groups is 4. The summed E-state index contributed by atoms with van der Waals surface area (Å²) in [6.07, 6.45) is 0. The lowest BCUT2D eigenvalue weighted by Crippen LogP contribution is -2.58. The Kier molecular flexibility index (Phi) is 21.6. The molecule has 3 rings (SSSR count). The summed E-state index contributed by atoms with van der Waals surface area (Å²) >= 11 is 0. The fraction of sp³-hybridized carbons (Fsp3) is 0.661. The largest absolute Gasteiger partial charge is 0.497 e. The standard InChI is InChI=1S/C16H25NO2.C15H22FNO.C14H25N3O.C11H24N2O/c1-15(2,3)17(16(4,5)6)14(18)12-8-10-13(19-7)11-9-12;1-14(2,3)17(15(4,5)6)13(18)11-7-9-12(16)10-8-11;1-10-9-11(15-16(10)8)12(18)17(13(2,3)4)14(5,6)7;1-10(2,3)13(11(4,5)6)9(14)12(7)8/h8-11H,1-7H3;7-10H,1-6H3;9H,1-8H3;1-8H3. The molecule has 69 heavy (non-hydrogen) atoms. The van der Waals surface area contributed by atoms with Gasteiger partial charge in [0.05, 0.1) is 7.11 Å². The summed E-state index contributed by atoms with van der Waals surface area (Å²) in [5.74, 6) is 0.385. The SMILES string of the molecule is CC(C)(C)N(C(=O)c1ccc(F)cc1)C(C)(C)C.CN(C)C(=O)N(C(C)(C)C)C(C)(C)C.COc1ccc(C(=O)N(C(C)(C)C)C(C)(C)C)cc1.Cc1cc(C(=O)N(C(C)(C)C)C(C)(C)C)nn1C. The Hall–Kier alpha value is -4.94. The molecule has 13 heteroatoms. The number of methoxy groups -OCH3 is 1. The minimum absolute atomic E-state index is 0.0151. The van der Waals surface area contributed by atoms with Crippen molar-refractivity contribution in [3.05, 3.63) is 82.9 Å². The van der Waals surface area contributed by atoms with Gasteiger partial charge in [0.1, 0.15) is 11.6 Å². The van der Waals surface area contributed by atoms with Crippen LogP contribution in [0.2, 0.25) is 0 Å². The van der Waals surface area contributed by atoms with Crippen molar-refractivity contribution in [1.29, 1.82) is 0 Å². The Balaban J connectivity index is 0.000000899. The molecule has 392 valence electrons. The van der Waals surface area contributed by atoms with E-state index in [9.17, 15) is 23.6 Å². The molecule has 0 radical (unpaired) electrons. The third-order valence-electron chi connectivity index (χ3n) is 10.3. The molecule has 0 N–H and O–H groups in total. The number of hydrogen-bond donors (Lipinski definition) is 0. The van der Waals surface area contributed by atoms with Crippen LogP contribution < -0.4 is 4.74 Å². The van der Waals surface area contributed by atoms with Crippen LogP contribution in [-0.4, -0.2) is 124 Å². The second-order valence-electron chi connectivity index (χ2n) is 25.8. The van der Waals surface area contributed by atoms with E-state index in [1.54, 1.807) is 30.8 Å². The van der Waals surface area contributed by atoms with E-state index in [1.807, 2.05) is 147 Å². The molecule has 1 heterocycles. The smallest absolute Gasteiger partial charge is 0.320 e. The third kappa shape index (κ3) is 19.8. The van der Waals surface area contributed by atoms with Crippen molar-refractivity contribution < 1.29 is 28.3 Å². The number of nitrogens with zero attached hydrogens (tertiary/aromatic N) is 7. The first kappa shape index (κ1) is 64.1. The van der Waals surface area contributed by atoms with Gasteiger partial charge in [-0.05, 0) is 228 Å². The van der Waals surface area contributed by atoms with Gasteiger partial charge in [-0.15, -0.1) is 0 Å². The molecule has 0 saturated carbocycles. The molecule has 3 aromatic rings. The van der Waals surface area contributed by atoms with Crippen molar-refractivity contribution in [1.82, 2.24) is 34.3 Å². The lowest BCUT2D eigenvalue weighted by Gasteiger charge is -2.46. The molecule has 0 aliphatic carbocycles. The Morgan fingerprint density at radius 3 is 0.971 bits per heavy atom. The van der Waals surface area contributed by atoms with Gasteiger partial charge >= 0.3 is 6.03 Å². The zero-order valence-corrected chi connectivity index (χ0v) is 48.7. The van der Waals surface area contributed by atoms with Gasteiger partial charge in [0.15, 0.2) is 5.69 Å². The van der Waals surface area contributed by atoms with E-state index in [2.05, 4.69) is 88.2 Å². The van der Waals surface area contributed by atoms with Crippen LogP contribution in [0.25, 0.3) is 0 Å². The van der Waals surface area contributed by atoms with Gasteiger partial charge in [-0.2, -0.15) is 5.10 Å². The predicted molar refractivity (Wildman–Crippen MR) is 285 cm³/mol. The number of hydrogen-bond acceptors (Lipinski definition) is 6. The molecule has 2 aromatic carbocycles. The second-order valence-corrected chi connectivity index (χ2v) is 25.8. The molecule has 0 saturated heterocycles. The zero-order chi connectivity index (χ0) is 55.0. The second kappa shape index (κ2) is 23.3. The fourth-order valence-corrected chi connectivity index (χ4v) is 8.99. The van der Waals surface area contributed by atoms with Gasteiger partial charge < -0.3 is 29.2 Å². The number of urea groups is 1. The quantitative estimate of drug-likeness (QED) is 0.257. The Morgan fingerprint density at radius 1 is 0.478 bits per heavy atom. The number of aromatic nitrogens is 2. The van der Waals surface area contributed by atoms with Crippen molar-refractivity contribution in [2.45, 2.75) is 217 Å². The number of halogens is 1. The topological polar surface area (TPSA) is 112 Å². The third-order valence-corrected chi connectivity index (χ3v) is 10.3. The summed E-state index contributed by atoms with van der Waals surface area (Å²) in [6.45, 7) is 50.9. The average Bonchev–Trinajstić information content (AvgIpc) is 3.45. The lowest BCUT2D eigenvalue weighted by molar-refractivity contribution is 0.0254. The number of benzene rings is 2. The molecule has 0 aliphatic rings. The Labute approximate surface area is 419 Å². The van der Waals surface area contributed by atoms with E-state index in [1.165, 1.54) is 24.3 Å². The number of rotatable bonds is 4. The maximum atomic E-state index is 12.9. The summed E-state index contributed by atoms with van der Waals surface area (Å²) in [5.41, 5.74) is 0.895. The monoisotopic (exact) mass is 966 g/mol. The van der Waals surface area contributed by atoms with Crippen molar-refractivity contribution in [2.24, 2.45) is 7.05 Å². The molecule has 0 fully saturated rings. The van der Waals surface area contributed by atoms with Crippen LogP contribution >= 0.6 is 0 Å². The highest BCUT2D eigenvalue weighted by molar-refractivity contribution is 5.96. The first-order valence-corrected chi connectivity index (χ1v) is 24.0. The van der Waals surface area contributed by atoms with Gasteiger partial charge in [0.2, 0.25) is 0 Å². The highest BCUT2D eigenvalue weighted by Gasteiger charge is 2.39.